The van der Waals surface area contributed by atoms with Gasteiger partial charge in [-0.3, -0.25) is 9.69 Å². The number of hydrogen-bond acceptors (Lipinski definition) is 5. The van der Waals surface area contributed by atoms with Crippen molar-refractivity contribution in [2.75, 3.05) is 30.9 Å². The standard InChI is InChI=1S/C13H23NO3S2/c1-13(2)5-4-10(12(13)15)8-14-6-7-18-9-11(14)19(3,16)17/h10-11H,4-9H2,1-3H3. The van der Waals surface area contributed by atoms with Gasteiger partial charge >= 0.3 is 0 Å². The Balaban J connectivity index is 2.07. The molecule has 2 aliphatic rings. The summed E-state index contributed by atoms with van der Waals surface area (Å²) < 4.78 is 23.7. The molecule has 2 atom stereocenters. The molecule has 1 aliphatic heterocycles. The van der Waals surface area contributed by atoms with Crippen LogP contribution in [0.1, 0.15) is 26.7 Å². The van der Waals surface area contributed by atoms with Crippen LogP contribution in [0.15, 0.2) is 0 Å². The molecule has 0 aromatic rings. The van der Waals surface area contributed by atoms with Crippen LogP contribution in [0.4, 0.5) is 0 Å². The first kappa shape index (κ1) is 15.3. The van der Waals surface area contributed by atoms with Gasteiger partial charge in [-0.1, -0.05) is 13.8 Å². The van der Waals surface area contributed by atoms with Crippen LogP contribution in [-0.2, 0) is 14.6 Å². The van der Waals surface area contributed by atoms with Gasteiger partial charge in [0.1, 0.15) is 11.2 Å². The Morgan fingerprint density at radius 2 is 2.11 bits per heavy atom. The van der Waals surface area contributed by atoms with Crippen LogP contribution >= 0.6 is 11.8 Å². The molecule has 110 valence electrons. The number of carbonyl (C=O) groups excluding carboxylic acids is 1. The monoisotopic (exact) mass is 305 g/mol. The Morgan fingerprint density at radius 1 is 1.42 bits per heavy atom. The SMILES string of the molecule is CC1(C)CCC(CN2CCSCC2S(C)(=O)=O)C1=O. The van der Waals surface area contributed by atoms with Crippen LogP contribution in [0.25, 0.3) is 0 Å². The highest BCUT2D eigenvalue weighted by atomic mass is 32.2. The van der Waals surface area contributed by atoms with Crippen LogP contribution in [0.5, 0.6) is 0 Å². The average Bonchev–Trinajstić information content (AvgIpc) is 2.56. The van der Waals surface area contributed by atoms with Gasteiger partial charge < -0.3 is 0 Å². The Labute approximate surface area is 120 Å². The van der Waals surface area contributed by atoms with Crippen molar-refractivity contribution in [3.63, 3.8) is 0 Å². The highest BCUT2D eigenvalue weighted by molar-refractivity contribution is 8.00. The van der Waals surface area contributed by atoms with Crippen LogP contribution in [0, 0.1) is 11.3 Å². The largest absolute Gasteiger partial charge is 0.299 e. The summed E-state index contributed by atoms with van der Waals surface area (Å²) >= 11 is 1.69. The topological polar surface area (TPSA) is 54.5 Å². The van der Waals surface area contributed by atoms with Gasteiger partial charge in [0.15, 0.2) is 9.84 Å². The van der Waals surface area contributed by atoms with E-state index in [2.05, 4.69) is 0 Å². The summed E-state index contributed by atoms with van der Waals surface area (Å²) in [6.45, 7) is 5.37. The van der Waals surface area contributed by atoms with E-state index in [0.717, 1.165) is 25.1 Å². The number of Topliss-reactive ketones (excluding diaryl/α,β-unsaturated/α-hetero) is 1. The lowest BCUT2D eigenvalue weighted by atomic mass is 9.89. The summed E-state index contributed by atoms with van der Waals surface area (Å²) in [4.78, 5) is 14.3. The molecule has 2 unspecified atom stereocenters. The van der Waals surface area contributed by atoms with Crippen molar-refractivity contribution in [2.24, 2.45) is 11.3 Å². The molecule has 0 N–H and O–H groups in total. The lowest BCUT2D eigenvalue weighted by molar-refractivity contribution is -0.128. The molecule has 2 rings (SSSR count). The van der Waals surface area contributed by atoms with Gasteiger partial charge in [0.05, 0.1) is 0 Å². The van der Waals surface area contributed by atoms with E-state index in [1.807, 2.05) is 18.7 Å². The minimum Gasteiger partial charge on any atom is -0.299 e. The van der Waals surface area contributed by atoms with Gasteiger partial charge in [-0.15, -0.1) is 0 Å². The lowest BCUT2D eigenvalue weighted by Crippen LogP contribution is -2.49. The zero-order valence-electron chi connectivity index (χ0n) is 11.9. The molecule has 0 bridgehead atoms. The molecule has 2 fully saturated rings. The first-order valence-electron chi connectivity index (χ1n) is 6.77. The minimum absolute atomic E-state index is 0.0161. The predicted octanol–water partition coefficient (Wildman–Crippen LogP) is 1.41. The molecular formula is C13H23NO3S2. The molecule has 1 aliphatic carbocycles. The predicted molar refractivity (Wildman–Crippen MR) is 79.0 cm³/mol. The Morgan fingerprint density at radius 3 is 2.63 bits per heavy atom. The molecule has 1 saturated heterocycles. The van der Waals surface area contributed by atoms with Crippen molar-refractivity contribution in [3.8, 4) is 0 Å². The maximum Gasteiger partial charge on any atom is 0.164 e. The summed E-state index contributed by atoms with van der Waals surface area (Å²) in [6, 6.07) is 0. The second-order valence-electron chi connectivity index (χ2n) is 6.34. The first-order valence-corrected chi connectivity index (χ1v) is 9.88. The zero-order valence-corrected chi connectivity index (χ0v) is 13.5. The van der Waals surface area contributed by atoms with Crippen molar-refractivity contribution in [1.29, 1.82) is 0 Å². The van der Waals surface area contributed by atoms with Crippen molar-refractivity contribution in [1.82, 2.24) is 4.90 Å². The molecule has 0 aromatic heterocycles. The van der Waals surface area contributed by atoms with E-state index in [0.29, 0.717) is 18.1 Å². The van der Waals surface area contributed by atoms with Crippen molar-refractivity contribution < 1.29 is 13.2 Å². The Bertz CT molecular complexity index is 459. The van der Waals surface area contributed by atoms with Crippen molar-refractivity contribution >= 4 is 27.4 Å². The lowest BCUT2D eigenvalue weighted by Gasteiger charge is -2.35. The van der Waals surface area contributed by atoms with Gasteiger partial charge in [-0.2, -0.15) is 11.8 Å². The molecule has 6 heteroatoms. The van der Waals surface area contributed by atoms with Gasteiger partial charge in [0.2, 0.25) is 0 Å². The molecule has 1 saturated carbocycles. The van der Waals surface area contributed by atoms with E-state index in [-0.39, 0.29) is 11.3 Å². The van der Waals surface area contributed by atoms with Gasteiger partial charge in [0, 0.05) is 42.2 Å². The number of nitrogens with zero attached hydrogens (tertiary/aromatic N) is 1. The normalized spacial score (nSPS) is 32.7. The maximum absolute atomic E-state index is 12.3. The summed E-state index contributed by atoms with van der Waals surface area (Å²) in [6.07, 6.45) is 3.12. The molecule has 1 heterocycles. The van der Waals surface area contributed by atoms with Crippen LogP contribution < -0.4 is 0 Å². The zero-order chi connectivity index (χ0) is 14.3. The number of rotatable bonds is 3. The van der Waals surface area contributed by atoms with Gasteiger partial charge in [0.25, 0.3) is 0 Å². The average molecular weight is 305 g/mol. The molecule has 0 aromatic carbocycles. The third-order valence-corrected chi connectivity index (χ3v) is 6.98. The van der Waals surface area contributed by atoms with Crippen LogP contribution in [0.2, 0.25) is 0 Å². The van der Waals surface area contributed by atoms with E-state index in [9.17, 15) is 13.2 Å². The maximum atomic E-state index is 12.3. The molecule has 0 radical (unpaired) electrons. The number of thioether (sulfide) groups is 1. The molecule has 0 amide bonds. The summed E-state index contributed by atoms with van der Waals surface area (Å²) in [5, 5.41) is -0.414. The van der Waals surface area contributed by atoms with E-state index < -0.39 is 15.2 Å². The second-order valence-corrected chi connectivity index (χ2v) is 9.69. The smallest absolute Gasteiger partial charge is 0.164 e. The Hall–Kier alpha value is -0.0700. The highest BCUT2D eigenvalue weighted by Gasteiger charge is 2.42. The minimum atomic E-state index is -3.07. The van der Waals surface area contributed by atoms with E-state index in [1.165, 1.54) is 6.26 Å². The number of ketones is 1. The molecular weight excluding hydrogens is 282 g/mol. The Kier molecular flexibility index (Phi) is 4.33. The fraction of sp³-hybridized carbons (Fsp3) is 0.923. The third-order valence-electron chi connectivity index (χ3n) is 4.30. The second kappa shape index (κ2) is 5.37. The van der Waals surface area contributed by atoms with Gasteiger partial charge in [-0.05, 0) is 12.8 Å². The number of hydrogen-bond donors (Lipinski definition) is 0. The third kappa shape index (κ3) is 3.34. The van der Waals surface area contributed by atoms with Crippen molar-refractivity contribution in [3.05, 3.63) is 0 Å². The van der Waals surface area contributed by atoms with Gasteiger partial charge in [-0.25, -0.2) is 8.42 Å². The fourth-order valence-electron chi connectivity index (χ4n) is 3.02. The van der Waals surface area contributed by atoms with Crippen molar-refractivity contribution in [2.45, 2.75) is 32.1 Å². The van der Waals surface area contributed by atoms with E-state index >= 15 is 0 Å². The highest BCUT2D eigenvalue weighted by Crippen LogP contribution is 2.38. The summed E-state index contributed by atoms with van der Waals surface area (Å²) in [5.74, 6) is 1.90. The number of sulfone groups is 1. The quantitative estimate of drug-likeness (QED) is 0.789. The fourth-order valence-corrected chi connectivity index (χ4v) is 5.97. The number of carbonyl (C=O) groups is 1. The first-order chi connectivity index (χ1) is 8.72. The van der Waals surface area contributed by atoms with E-state index in [4.69, 9.17) is 0 Å². The van der Waals surface area contributed by atoms with E-state index in [1.54, 1.807) is 11.8 Å². The molecule has 0 spiro atoms. The summed E-state index contributed by atoms with van der Waals surface area (Å²) in [5.41, 5.74) is -0.226. The molecule has 19 heavy (non-hydrogen) atoms. The van der Waals surface area contributed by atoms with Crippen LogP contribution in [-0.4, -0.2) is 55.3 Å². The summed E-state index contributed by atoms with van der Waals surface area (Å²) in [7, 11) is -3.07. The van der Waals surface area contributed by atoms with Crippen LogP contribution in [0.3, 0.4) is 0 Å². The molecule has 4 nitrogen and oxygen atoms in total.